The lowest BCUT2D eigenvalue weighted by atomic mass is 10.1. The third-order valence-electron chi connectivity index (χ3n) is 5.24. The van der Waals surface area contributed by atoms with Gasteiger partial charge in [0.15, 0.2) is 0 Å². The SMILES string of the molecule is C[N+]1([O-])CC[N+](C)(c2ccc3[nH]c(=O)c4ccccc4c3n2)CC1. The zero-order valence-corrected chi connectivity index (χ0v) is 14.0. The number of likely N-dealkylation sites (N-methyl/N-ethyl adjacent to an activating group) is 2. The van der Waals surface area contributed by atoms with Gasteiger partial charge < -0.3 is 14.8 Å². The summed E-state index contributed by atoms with van der Waals surface area (Å²) in [5.41, 5.74) is 1.47. The van der Waals surface area contributed by atoms with Crippen molar-refractivity contribution < 1.29 is 4.65 Å². The lowest BCUT2D eigenvalue weighted by Crippen LogP contribution is -2.62. The average Bonchev–Trinajstić information content (AvgIpc) is 2.58. The largest absolute Gasteiger partial charge is 0.633 e. The number of nitrogens with one attached hydrogen (secondary N) is 1. The van der Waals surface area contributed by atoms with Gasteiger partial charge in [-0.2, -0.15) is 4.98 Å². The molecule has 1 aromatic carbocycles. The lowest BCUT2D eigenvalue weighted by molar-refractivity contribution is -0.864. The Kier molecular flexibility index (Phi) is 3.25. The molecule has 1 N–H and O–H groups in total. The number of nitrogens with zero attached hydrogens (tertiary/aromatic N) is 3. The fourth-order valence-corrected chi connectivity index (χ4v) is 3.45. The molecule has 3 aromatic rings. The van der Waals surface area contributed by atoms with Gasteiger partial charge in [-0.1, -0.05) is 18.2 Å². The smallest absolute Gasteiger partial charge is 0.256 e. The summed E-state index contributed by atoms with van der Waals surface area (Å²) in [5.74, 6) is 0.944. The average molecular weight is 325 g/mol. The molecule has 0 aliphatic carbocycles. The van der Waals surface area contributed by atoms with Gasteiger partial charge in [0.25, 0.3) is 5.56 Å². The summed E-state index contributed by atoms with van der Waals surface area (Å²) >= 11 is 0. The number of rotatable bonds is 1. The van der Waals surface area contributed by atoms with Crippen LogP contribution in [0.15, 0.2) is 41.2 Å². The molecule has 6 heteroatoms. The highest BCUT2D eigenvalue weighted by atomic mass is 16.5. The van der Waals surface area contributed by atoms with Gasteiger partial charge in [-0.05, 0) is 12.1 Å². The van der Waals surface area contributed by atoms with Crippen molar-refractivity contribution in [3.63, 3.8) is 0 Å². The molecule has 4 rings (SSSR count). The van der Waals surface area contributed by atoms with Gasteiger partial charge in [0.1, 0.15) is 31.7 Å². The third-order valence-corrected chi connectivity index (χ3v) is 5.24. The number of aromatic nitrogens is 2. The van der Waals surface area contributed by atoms with Crippen LogP contribution < -0.4 is 10.0 Å². The van der Waals surface area contributed by atoms with E-state index in [1.165, 1.54) is 0 Å². The molecule has 1 fully saturated rings. The van der Waals surface area contributed by atoms with Crippen molar-refractivity contribution in [1.82, 2.24) is 14.5 Å². The van der Waals surface area contributed by atoms with E-state index in [-0.39, 0.29) is 10.2 Å². The molecule has 0 radical (unpaired) electrons. The Morgan fingerprint density at radius 3 is 2.38 bits per heavy atom. The quantitative estimate of drug-likeness (QED) is 0.422. The van der Waals surface area contributed by atoms with E-state index >= 15 is 0 Å². The number of hydrogen-bond donors (Lipinski definition) is 1. The minimum Gasteiger partial charge on any atom is -0.633 e. The number of H-pyrrole nitrogens is 1. The van der Waals surface area contributed by atoms with Gasteiger partial charge in [-0.25, -0.2) is 0 Å². The molecule has 0 amide bonds. The van der Waals surface area contributed by atoms with Crippen molar-refractivity contribution in [2.75, 3.05) is 40.3 Å². The molecular formula is C18H21N4O2+. The van der Waals surface area contributed by atoms with Gasteiger partial charge in [-0.3, -0.25) is 9.28 Å². The minimum atomic E-state index is -0.183. The van der Waals surface area contributed by atoms with Crippen LogP contribution in [0.3, 0.4) is 0 Å². The summed E-state index contributed by atoms with van der Waals surface area (Å²) in [7, 11) is 3.86. The number of quaternary nitrogens is 2. The molecule has 6 nitrogen and oxygen atoms in total. The Balaban J connectivity index is 1.88. The number of hydrogen-bond acceptors (Lipinski definition) is 3. The van der Waals surface area contributed by atoms with Gasteiger partial charge in [0, 0.05) is 16.8 Å². The Morgan fingerprint density at radius 2 is 1.67 bits per heavy atom. The molecule has 24 heavy (non-hydrogen) atoms. The first-order chi connectivity index (χ1) is 11.4. The van der Waals surface area contributed by atoms with E-state index in [1.807, 2.05) is 36.4 Å². The fraction of sp³-hybridized carbons (Fsp3) is 0.333. The van der Waals surface area contributed by atoms with Crippen molar-refractivity contribution in [2.24, 2.45) is 0 Å². The van der Waals surface area contributed by atoms with Crippen LogP contribution in [0, 0.1) is 5.21 Å². The summed E-state index contributed by atoms with van der Waals surface area (Å²) in [6, 6.07) is 11.4. The first-order valence-electron chi connectivity index (χ1n) is 8.20. The zero-order chi connectivity index (χ0) is 16.9. The summed E-state index contributed by atoms with van der Waals surface area (Å²) in [6.45, 7) is 2.70. The molecule has 2 aromatic heterocycles. The molecule has 0 bridgehead atoms. The summed E-state index contributed by atoms with van der Waals surface area (Å²) in [6.07, 6.45) is 0. The third kappa shape index (κ3) is 2.39. The van der Waals surface area contributed by atoms with Gasteiger partial charge >= 0.3 is 0 Å². The van der Waals surface area contributed by atoms with Crippen LogP contribution in [0.25, 0.3) is 21.8 Å². The summed E-state index contributed by atoms with van der Waals surface area (Å²) < 4.78 is 0.469. The number of hydroxylamine groups is 3. The number of aromatic amines is 1. The molecule has 0 unspecified atom stereocenters. The number of fused-ring (bicyclic) bond motifs is 3. The normalized spacial score (nSPS) is 27.6. The molecule has 0 saturated carbocycles. The molecule has 3 heterocycles. The zero-order valence-electron chi connectivity index (χ0n) is 14.0. The summed E-state index contributed by atoms with van der Waals surface area (Å²) in [5, 5.41) is 13.7. The van der Waals surface area contributed by atoms with Crippen LogP contribution in [-0.4, -0.2) is 54.9 Å². The second-order valence-corrected chi connectivity index (χ2v) is 7.15. The Labute approximate surface area is 139 Å². The first-order valence-corrected chi connectivity index (χ1v) is 8.20. The molecule has 0 atom stereocenters. The highest BCUT2D eigenvalue weighted by molar-refractivity contribution is 6.03. The highest BCUT2D eigenvalue weighted by Crippen LogP contribution is 2.27. The lowest BCUT2D eigenvalue weighted by Gasteiger charge is -2.47. The molecule has 1 saturated heterocycles. The van der Waals surface area contributed by atoms with Crippen LogP contribution in [0.5, 0.6) is 0 Å². The fourth-order valence-electron chi connectivity index (χ4n) is 3.45. The molecule has 1 aliphatic heterocycles. The van der Waals surface area contributed by atoms with E-state index in [2.05, 4.69) is 12.0 Å². The topological polar surface area (TPSA) is 68.8 Å². The number of benzene rings is 1. The molecule has 1 aliphatic rings. The Bertz CT molecular complexity index is 983. The standard InChI is InChI=1S/C18H20N4O2/c1-21(9-11-22(2,24)12-10-21)16-8-7-15-17(20-16)13-5-3-4-6-14(13)18(23)19-15/h3-8H,9-12H2,1-2H3/p+1. The van der Waals surface area contributed by atoms with Crippen molar-refractivity contribution in [2.45, 2.75) is 0 Å². The predicted octanol–water partition coefficient (Wildman–Crippen LogP) is 1.97. The maximum atomic E-state index is 12.2. The maximum Gasteiger partial charge on any atom is 0.256 e. The highest BCUT2D eigenvalue weighted by Gasteiger charge is 2.35. The predicted molar refractivity (Wildman–Crippen MR) is 96.6 cm³/mol. The second-order valence-electron chi connectivity index (χ2n) is 7.15. The van der Waals surface area contributed by atoms with Gasteiger partial charge in [-0.15, -0.1) is 0 Å². The molecular weight excluding hydrogens is 304 g/mol. The summed E-state index contributed by atoms with van der Waals surface area (Å²) in [4.78, 5) is 20.0. The van der Waals surface area contributed by atoms with E-state index in [9.17, 15) is 10.0 Å². The Morgan fingerprint density at radius 1 is 1.00 bits per heavy atom. The number of piperazine rings is 1. The van der Waals surface area contributed by atoms with E-state index in [4.69, 9.17) is 4.98 Å². The van der Waals surface area contributed by atoms with E-state index < -0.39 is 0 Å². The number of pyridine rings is 2. The van der Waals surface area contributed by atoms with Crippen molar-refractivity contribution in [3.8, 4) is 0 Å². The van der Waals surface area contributed by atoms with Gasteiger partial charge in [0.2, 0.25) is 5.82 Å². The second kappa shape index (κ2) is 5.11. The van der Waals surface area contributed by atoms with Gasteiger partial charge in [0.05, 0.1) is 19.6 Å². The monoisotopic (exact) mass is 325 g/mol. The van der Waals surface area contributed by atoms with Crippen LogP contribution >= 0.6 is 0 Å². The van der Waals surface area contributed by atoms with Crippen LogP contribution in [0.1, 0.15) is 0 Å². The van der Waals surface area contributed by atoms with Crippen molar-refractivity contribution in [3.05, 3.63) is 52.0 Å². The molecule has 124 valence electrons. The van der Waals surface area contributed by atoms with E-state index in [0.29, 0.717) is 23.0 Å². The van der Waals surface area contributed by atoms with Crippen LogP contribution in [0.4, 0.5) is 5.82 Å². The Hall–Kier alpha value is -2.28. The van der Waals surface area contributed by atoms with Crippen molar-refractivity contribution in [1.29, 1.82) is 0 Å². The van der Waals surface area contributed by atoms with Crippen LogP contribution in [0.2, 0.25) is 0 Å². The maximum absolute atomic E-state index is 12.2. The first kappa shape index (κ1) is 15.3. The van der Waals surface area contributed by atoms with E-state index in [0.717, 1.165) is 35.3 Å². The van der Waals surface area contributed by atoms with E-state index in [1.54, 1.807) is 7.05 Å². The molecule has 0 spiro atoms. The minimum absolute atomic E-state index is 0.0922. The van der Waals surface area contributed by atoms with Crippen LogP contribution in [-0.2, 0) is 0 Å². The van der Waals surface area contributed by atoms with Crippen molar-refractivity contribution >= 4 is 27.6 Å².